The van der Waals surface area contributed by atoms with Crippen molar-refractivity contribution in [1.29, 1.82) is 0 Å². The zero-order valence-corrected chi connectivity index (χ0v) is 18.3. The molecule has 2 heterocycles. The number of rotatable bonds is 7. The summed E-state index contributed by atoms with van der Waals surface area (Å²) < 4.78 is 24.5. The number of carbonyl (C=O) groups excluding carboxylic acids is 1. The Hall–Kier alpha value is -2.44. The molecule has 1 N–H and O–H groups in total. The van der Waals surface area contributed by atoms with E-state index in [2.05, 4.69) is 34.5 Å². The summed E-state index contributed by atoms with van der Waals surface area (Å²) in [6.07, 6.45) is 2.53. The number of carbonyl (C=O) groups is 1. The Labute approximate surface area is 188 Å². The summed E-state index contributed by atoms with van der Waals surface area (Å²) in [6, 6.07) is 14.9. The number of hydrogen-bond acceptors (Lipinski definition) is 4. The van der Waals surface area contributed by atoms with Crippen LogP contribution in [0.5, 0.6) is 5.75 Å². The predicted octanol–water partition coefficient (Wildman–Crippen LogP) is 3.91. The molecule has 2 aromatic carbocycles. The molecule has 0 bridgehead atoms. The predicted molar refractivity (Wildman–Crippen MR) is 120 cm³/mol. The molecular weight excluding hydrogens is 407 g/mol. The van der Waals surface area contributed by atoms with Crippen molar-refractivity contribution in [2.24, 2.45) is 11.8 Å². The van der Waals surface area contributed by atoms with Crippen molar-refractivity contribution in [3.05, 3.63) is 65.5 Å². The molecule has 170 valence electrons. The highest BCUT2D eigenvalue weighted by atomic mass is 19.1. The maximum Gasteiger partial charge on any atom is 0.220 e. The van der Waals surface area contributed by atoms with Gasteiger partial charge in [-0.15, -0.1) is 0 Å². The maximum atomic E-state index is 13.4. The molecule has 0 spiro atoms. The van der Waals surface area contributed by atoms with Gasteiger partial charge in [-0.1, -0.05) is 30.3 Å². The van der Waals surface area contributed by atoms with Crippen molar-refractivity contribution in [3.63, 3.8) is 0 Å². The second kappa shape index (κ2) is 9.59. The van der Waals surface area contributed by atoms with Crippen LogP contribution in [0, 0.1) is 17.7 Å². The fraction of sp³-hybridized carbons (Fsp3) is 0.500. The van der Waals surface area contributed by atoms with E-state index in [1.165, 1.54) is 23.3 Å². The van der Waals surface area contributed by atoms with Gasteiger partial charge in [0.15, 0.2) is 0 Å². The van der Waals surface area contributed by atoms with E-state index in [0.29, 0.717) is 36.5 Å². The minimum absolute atomic E-state index is 0.0673. The van der Waals surface area contributed by atoms with Gasteiger partial charge in [-0.2, -0.15) is 0 Å². The topological polar surface area (TPSA) is 50.8 Å². The Bertz CT molecular complexity index is 946. The van der Waals surface area contributed by atoms with Crippen LogP contribution in [-0.2, 0) is 9.53 Å². The van der Waals surface area contributed by atoms with Crippen LogP contribution in [0.4, 0.5) is 4.39 Å². The molecule has 0 saturated carbocycles. The minimum atomic E-state index is -0.283. The average molecular weight is 439 g/mol. The number of benzene rings is 2. The standard InChI is InChI=1S/C26H31FN2O3/c27-19-4-3-5-20(15-19)32-13-10-29-16-23-21-6-1-2-7-22(21)26(24(23)17-29)28-25(30)14-18-8-11-31-12-9-18/h1-7,15,18,23-24,26H,8-14,16-17H2,(H,28,30)/t23-,24-,26+/m0/s1. The molecule has 5 rings (SSSR count). The van der Waals surface area contributed by atoms with E-state index in [4.69, 9.17) is 9.47 Å². The fourth-order valence-corrected chi connectivity index (χ4v) is 5.60. The highest BCUT2D eigenvalue weighted by molar-refractivity contribution is 5.77. The van der Waals surface area contributed by atoms with Crippen molar-refractivity contribution >= 4 is 5.91 Å². The van der Waals surface area contributed by atoms with Crippen LogP contribution in [0.25, 0.3) is 0 Å². The molecule has 2 aliphatic heterocycles. The van der Waals surface area contributed by atoms with Crippen LogP contribution >= 0.6 is 0 Å². The van der Waals surface area contributed by atoms with Crippen molar-refractivity contribution in [2.45, 2.75) is 31.2 Å². The number of fused-ring (bicyclic) bond motifs is 3. The lowest BCUT2D eigenvalue weighted by atomic mass is 9.93. The van der Waals surface area contributed by atoms with Crippen molar-refractivity contribution in [1.82, 2.24) is 10.2 Å². The van der Waals surface area contributed by atoms with E-state index in [0.717, 1.165) is 45.7 Å². The zero-order chi connectivity index (χ0) is 21.9. The highest BCUT2D eigenvalue weighted by Gasteiger charge is 2.46. The Morgan fingerprint density at radius 2 is 1.91 bits per heavy atom. The van der Waals surface area contributed by atoms with E-state index in [1.54, 1.807) is 12.1 Å². The summed E-state index contributed by atoms with van der Waals surface area (Å²) in [5.74, 6) is 1.66. The van der Waals surface area contributed by atoms with E-state index in [9.17, 15) is 9.18 Å². The van der Waals surface area contributed by atoms with Gasteiger partial charge in [0.25, 0.3) is 0 Å². The van der Waals surface area contributed by atoms with E-state index in [-0.39, 0.29) is 17.8 Å². The zero-order valence-electron chi connectivity index (χ0n) is 18.3. The van der Waals surface area contributed by atoms with Gasteiger partial charge in [-0.25, -0.2) is 4.39 Å². The normalized spacial score (nSPS) is 25.3. The second-order valence-electron chi connectivity index (χ2n) is 9.27. The molecule has 3 atom stereocenters. The van der Waals surface area contributed by atoms with Gasteiger partial charge >= 0.3 is 0 Å². The van der Waals surface area contributed by atoms with Gasteiger partial charge in [-0.05, 0) is 42.0 Å². The number of nitrogens with zero attached hydrogens (tertiary/aromatic N) is 1. The average Bonchev–Trinajstić information content (AvgIpc) is 3.33. The van der Waals surface area contributed by atoms with Gasteiger partial charge in [-0.3, -0.25) is 9.69 Å². The molecule has 0 unspecified atom stereocenters. The van der Waals surface area contributed by atoms with E-state index >= 15 is 0 Å². The second-order valence-corrected chi connectivity index (χ2v) is 9.27. The van der Waals surface area contributed by atoms with Crippen molar-refractivity contribution < 1.29 is 18.7 Å². The summed E-state index contributed by atoms with van der Waals surface area (Å²) >= 11 is 0. The van der Waals surface area contributed by atoms with Crippen LogP contribution in [0.3, 0.4) is 0 Å². The number of hydrogen-bond donors (Lipinski definition) is 1. The van der Waals surface area contributed by atoms with Crippen molar-refractivity contribution in [2.75, 3.05) is 39.5 Å². The Morgan fingerprint density at radius 1 is 1.09 bits per heavy atom. The monoisotopic (exact) mass is 438 g/mol. The van der Waals surface area contributed by atoms with Gasteiger partial charge in [0.1, 0.15) is 18.2 Å². The van der Waals surface area contributed by atoms with Crippen LogP contribution in [0.1, 0.15) is 42.3 Å². The van der Waals surface area contributed by atoms with E-state index in [1.807, 2.05) is 0 Å². The Balaban J connectivity index is 1.20. The molecule has 2 saturated heterocycles. The number of likely N-dealkylation sites (tertiary alicyclic amines) is 1. The lowest BCUT2D eigenvalue weighted by molar-refractivity contribution is -0.123. The summed E-state index contributed by atoms with van der Waals surface area (Å²) in [5.41, 5.74) is 2.64. The largest absolute Gasteiger partial charge is 0.492 e. The molecule has 3 aliphatic rings. The number of halogens is 1. The first-order valence-corrected chi connectivity index (χ1v) is 11.7. The van der Waals surface area contributed by atoms with Crippen LogP contribution in [0.15, 0.2) is 48.5 Å². The Morgan fingerprint density at radius 3 is 2.72 bits per heavy atom. The van der Waals surface area contributed by atoms with Crippen LogP contribution < -0.4 is 10.1 Å². The molecule has 5 nitrogen and oxygen atoms in total. The minimum Gasteiger partial charge on any atom is -0.492 e. The summed E-state index contributed by atoms with van der Waals surface area (Å²) in [5, 5.41) is 3.38. The third kappa shape index (κ3) is 4.66. The first kappa shape index (κ1) is 21.4. The molecule has 6 heteroatoms. The van der Waals surface area contributed by atoms with Crippen LogP contribution in [0.2, 0.25) is 0 Å². The summed E-state index contributed by atoms with van der Waals surface area (Å²) in [4.78, 5) is 15.3. The third-order valence-electron chi connectivity index (χ3n) is 7.20. The molecule has 0 aromatic heterocycles. The van der Waals surface area contributed by atoms with Gasteiger partial charge in [0.2, 0.25) is 5.91 Å². The molecule has 2 fully saturated rings. The smallest absolute Gasteiger partial charge is 0.220 e. The molecule has 1 aliphatic carbocycles. The lowest BCUT2D eigenvalue weighted by Crippen LogP contribution is -2.35. The van der Waals surface area contributed by atoms with Gasteiger partial charge in [0, 0.05) is 57.2 Å². The Kier molecular flexibility index (Phi) is 6.42. The number of nitrogens with one attached hydrogen (secondary N) is 1. The summed E-state index contributed by atoms with van der Waals surface area (Å²) in [6.45, 7) is 4.72. The quantitative estimate of drug-likeness (QED) is 0.712. The molecular formula is C26H31FN2O3. The van der Waals surface area contributed by atoms with Crippen molar-refractivity contribution in [3.8, 4) is 5.75 Å². The van der Waals surface area contributed by atoms with Crippen LogP contribution in [-0.4, -0.2) is 50.3 Å². The highest BCUT2D eigenvalue weighted by Crippen LogP contribution is 2.49. The van der Waals surface area contributed by atoms with E-state index < -0.39 is 0 Å². The molecule has 0 radical (unpaired) electrons. The SMILES string of the molecule is O=C(CC1CCOCC1)N[C@@H]1c2ccccc2[C@@H]2CN(CCOc3cccc(F)c3)C[C@H]12. The fourth-order valence-electron chi connectivity index (χ4n) is 5.60. The first-order valence-electron chi connectivity index (χ1n) is 11.7. The third-order valence-corrected chi connectivity index (χ3v) is 7.20. The maximum absolute atomic E-state index is 13.4. The summed E-state index contributed by atoms with van der Waals surface area (Å²) in [7, 11) is 0. The molecule has 1 amide bonds. The molecule has 32 heavy (non-hydrogen) atoms. The number of ether oxygens (including phenoxy) is 2. The number of amides is 1. The first-order chi connectivity index (χ1) is 15.7. The van der Waals surface area contributed by atoms with Gasteiger partial charge < -0.3 is 14.8 Å². The molecule has 2 aromatic rings. The van der Waals surface area contributed by atoms with Gasteiger partial charge in [0.05, 0.1) is 6.04 Å². The lowest BCUT2D eigenvalue weighted by Gasteiger charge is -2.25.